The molecule has 0 aliphatic heterocycles. The van der Waals surface area contributed by atoms with Gasteiger partial charge in [-0.25, -0.2) is 18.2 Å². The molecule has 12 heteroatoms. The Morgan fingerprint density at radius 2 is 1.83 bits per heavy atom. The summed E-state index contributed by atoms with van der Waals surface area (Å²) in [6.45, 7) is 5.87. The van der Waals surface area contributed by atoms with E-state index < -0.39 is 29.1 Å². The van der Waals surface area contributed by atoms with Crippen molar-refractivity contribution in [2.75, 3.05) is 11.3 Å². The Hall–Kier alpha value is -2.96. The molecular weight excluding hydrogens is 520 g/mol. The standard InChI is InChI=1S/C24H30N4O5S3/c1-4-33-24(30)27-18(12-15(2)3)22(29)25-19(13-16-7-9-17(10-8-16)28-36(31)32)23-26-20(14-35-23)21-6-5-11-34-21/h5-11,14-15,18-19,36H,4,12-13H2,1-3H3,(H,25,29)(H,27,30)(H,28,31,32)/t18-,19-/m0/s1. The number of hydrogen-bond acceptors (Lipinski definition) is 8. The number of rotatable bonds is 12. The number of thiazole rings is 1. The van der Waals surface area contributed by atoms with E-state index in [-0.39, 0.29) is 18.4 Å². The van der Waals surface area contributed by atoms with Gasteiger partial charge in [-0.05, 0) is 54.8 Å². The smallest absolute Gasteiger partial charge is 0.407 e. The molecule has 2 heterocycles. The van der Waals surface area contributed by atoms with E-state index >= 15 is 0 Å². The molecule has 0 fully saturated rings. The second kappa shape index (κ2) is 13.4. The Balaban J connectivity index is 1.84. The van der Waals surface area contributed by atoms with Crippen LogP contribution in [0.25, 0.3) is 10.6 Å². The molecule has 3 rings (SSSR count). The van der Waals surface area contributed by atoms with Crippen LogP contribution in [0.15, 0.2) is 47.2 Å². The van der Waals surface area contributed by atoms with E-state index in [1.54, 1.807) is 42.5 Å². The third-order valence-corrected chi connectivity index (χ3v) is 7.41. The van der Waals surface area contributed by atoms with Gasteiger partial charge in [-0.15, -0.1) is 22.7 Å². The summed E-state index contributed by atoms with van der Waals surface area (Å²) in [4.78, 5) is 31.2. The summed E-state index contributed by atoms with van der Waals surface area (Å²) >= 11 is 3.04. The molecule has 0 saturated carbocycles. The first-order valence-corrected chi connectivity index (χ1v) is 14.4. The number of alkyl carbamates (subject to hydrolysis) is 1. The van der Waals surface area contributed by atoms with Crippen molar-refractivity contribution in [3.8, 4) is 10.6 Å². The van der Waals surface area contributed by atoms with Gasteiger partial charge in [0.1, 0.15) is 11.0 Å². The molecule has 36 heavy (non-hydrogen) atoms. The lowest BCUT2D eigenvalue weighted by Crippen LogP contribution is -2.48. The number of carbonyl (C=O) groups is 2. The number of thiol groups is 1. The molecule has 3 aromatic rings. The quantitative estimate of drug-likeness (QED) is 0.248. The number of amides is 2. The summed E-state index contributed by atoms with van der Waals surface area (Å²) in [6, 6.07) is 9.68. The van der Waals surface area contributed by atoms with Gasteiger partial charge < -0.3 is 15.4 Å². The van der Waals surface area contributed by atoms with E-state index in [1.807, 2.05) is 36.7 Å². The highest BCUT2D eigenvalue weighted by atomic mass is 32.2. The summed E-state index contributed by atoms with van der Waals surface area (Å²) in [5.74, 6) is -0.157. The highest BCUT2D eigenvalue weighted by Crippen LogP contribution is 2.30. The molecule has 0 radical (unpaired) electrons. The van der Waals surface area contributed by atoms with Crippen LogP contribution in [0.4, 0.5) is 10.5 Å². The molecule has 0 bridgehead atoms. The summed E-state index contributed by atoms with van der Waals surface area (Å²) in [6.07, 6.45) is 0.244. The normalized spacial score (nSPS) is 12.8. The molecule has 0 aliphatic carbocycles. The number of aromatic nitrogens is 1. The Kier molecular flexibility index (Phi) is 10.3. The van der Waals surface area contributed by atoms with Crippen molar-refractivity contribution in [1.29, 1.82) is 0 Å². The second-order valence-corrected chi connectivity index (χ2v) is 11.0. The van der Waals surface area contributed by atoms with Gasteiger partial charge in [0, 0.05) is 11.1 Å². The lowest BCUT2D eigenvalue weighted by atomic mass is 10.0. The number of nitrogens with zero attached hydrogens (tertiary/aromatic N) is 1. The summed E-state index contributed by atoms with van der Waals surface area (Å²) in [5, 5.41) is 10.4. The van der Waals surface area contributed by atoms with Gasteiger partial charge in [-0.3, -0.25) is 9.52 Å². The second-order valence-electron chi connectivity index (χ2n) is 8.43. The molecule has 1 aromatic carbocycles. The minimum atomic E-state index is -2.75. The molecule has 2 atom stereocenters. The Labute approximate surface area is 220 Å². The maximum absolute atomic E-state index is 13.3. The van der Waals surface area contributed by atoms with Crippen LogP contribution >= 0.6 is 22.7 Å². The zero-order chi connectivity index (χ0) is 26.1. The van der Waals surface area contributed by atoms with Crippen LogP contribution in [0.5, 0.6) is 0 Å². The van der Waals surface area contributed by atoms with Gasteiger partial charge in [-0.1, -0.05) is 32.0 Å². The van der Waals surface area contributed by atoms with Crippen molar-refractivity contribution < 1.29 is 22.7 Å². The molecule has 2 aromatic heterocycles. The SMILES string of the molecule is CCOC(=O)N[C@@H](CC(C)C)C(=O)N[C@@H](Cc1ccc(N[SH](=O)=O)cc1)c1nc(-c2cccs2)cs1. The minimum Gasteiger partial charge on any atom is -0.450 e. The average molecular weight is 551 g/mol. The van der Waals surface area contributed by atoms with Gasteiger partial charge >= 0.3 is 6.09 Å². The number of carbonyl (C=O) groups excluding carboxylic acids is 2. The first kappa shape index (κ1) is 27.6. The molecule has 0 spiro atoms. The van der Waals surface area contributed by atoms with Crippen LogP contribution < -0.4 is 15.4 Å². The van der Waals surface area contributed by atoms with Gasteiger partial charge in [0.25, 0.3) is 0 Å². The average Bonchev–Trinajstić information content (AvgIpc) is 3.51. The van der Waals surface area contributed by atoms with E-state index in [9.17, 15) is 18.0 Å². The third-order valence-electron chi connectivity index (χ3n) is 5.12. The lowest BCUT2D eigenvalue weighted by Gasteiger charge is -2.23. The fourth-order valence-electron chi connectivity index (χ4n) is 3.53. The molecule has 0 aliphatic rings. The predicted molar refractivity (Wildman–Crippen MR) is 144 cm³/mol. The van der Waals surface area contributed by atoms with Crippen molar-refractivity contribution in [1.82, 2.24) is 15.6 Å². The summed E-state index contributed by atoms with van der Waals surface area (Å²) < 4.78 is 29.2. The predicted octanol–water partition coefficient (Wildman–Crippen LogP) is 4.37. The Bertz CT molecular complexity index is 1200. The molecular formula is C24H30N4O5S3. The van der Waals surface area contributed by atoms with Crippen molar-refractivity contribution in [3.63, 3.8) is 0 Å². The Morgan fingerprint density at radius 3 is 2.44 bits per heavy atom. The van der Waals surface area contributed by atoms with E-state index in [0.717, 1.165) is 21.1 Å². The first-order chi connectivity index (χ1) is 17.2. The van der Waals surface area contributed by atoms with Gasteiger partial charge in [0.15, 0.2) is 0 Å². The van der Waals surface area contributed by atoms with E-state index in [0.29, 0.717) is 18.5 Å². The molecule has 194 valence electrons. The maximum Gasteiger partial charge on any atom is 0.407 e. The topological polar surface area (TPSA) is 126 Å². The minimum absolute atomic E-state index is 0.166. The fraction of sp³-hybridized carbons (Fsp3) is 0.375. The highest BCUT2D eigenvalue weighted by Gasteiger charge is 2.27. The zero-order valence-corrected chi connectivity index (χ0v) is 22.8. The molecule has 9 nitrogen and oxygen atoms in total. The van der Waals surface area contributed by atoms with E-state index in [2.05, 4.69) is 15.4 Å². The van der Waals surface area contributed by atoms with Crippen LogP contribution in [-0.4, -0.2) is 38.1 Å². The van der Waals surface area contributed by atoms with Crippen molar-refractivity contribution in [2.24, 2.45) is 5.92 Å². The van der Waals surface area contributed by atoms with Crippen LogP contribution in [0, 0.1) is 5.92 Å². The van der Waals surface area contributed by atoms with Gasteiger partial charge in [0.05, 0.1) is 23.2 Å². The van der Waals surface area contributed by atoms with Crippen molar-refractivity contribution in [3.05, 3.63) is 57.7 Å². The highest BCUT2D eigenvalue weighted by molar-refractivity contribution is 7.73. The number of anilines is 1. The maximum atomic E-state index is 13.3. The van der Waals surface area contributed by atoms with Crippen molar-refractivity contribution in [2.45, 2.75) is 45.7 Å². The van der Waals surface area contributed by atoms with Crippen LogP contribution in [0.2, 0.25) is 0 Å². The van der Waals surface area contributed by atoms with Crippen LogP contribution in [0.1, 0.15) is 43.8 Å². The summed E-state index contributed by atoms with van der Waals surface area (Å²) in [5.41, 5.74) is 2.19. The number of thiophene rings is 1. The summed E-state index contributed by atoms with van der Waals surface area (Å²) in [7, 11) is -2.75. The van der Waals surface area contributed by atoms with Crippen LogP contribution in [-0.2, 0) is 26.8 Å². The largest absolute Gasteiger partial charge is 0.450 e. The lowest BCUT2D eigenvalue weighted by molar-refractivity contribution is -0.124. The molecule has 2 amide bonds. The van der Waals surface area contributed by atoms with Gasteiger partial charge in [0.2, 0.25) is 16.8 Å². The first-order valence-electron chi connectivity index (χ1n) is 11.5. The molecule has 0 saturated heterocycles. The van der Waals surface area contributed by atoms with E-state index in [4.69, 9.17) is 9.72 Å². The number of benzene rings is 1. The number of ether oxygens (including phenoxy) is 1. The third kappa shape index (κ3) is 8.32. The fourth-order valence-corrected chi connectivity index (χ4v) is 5.52. The number of hydrogen-bond donors (Lipinski definition) is 4. The Morgan fingerprint density at radius 1 is 1.08 bits per heavy atom. The molecule has 0 unspecified atom stereocenters. The van der Waals surface area contributed by atoms with Crippen molar-refractivity contribution >= 4 is 51.3 Å². The monoisotopic (exact) mass is 550 g/mol. The zero-order valence-electron chi connectivity index (χ0n) is 20.2. The number of nitrogens with one attached hydrogen (secondary N) is 3. The molecule has 3 N–H and O–H groups in total. The van der Waals surface area contributed by atoms with E-state index in [1.165, 1.54) is 11.3 Å². The van der Waals surface area contributed by atoms with Crippen LogP contribution in [0.3, 0.4) is 0 Å². The van der Waals surface area contributed by atoms with Gasteiger partial charge in [-0.2, -0.15) is 0 Å².